The second kappa shape index (κ2) is 8.26. The molecule has 0 aromatic carbocycles. The Balaban J connectivity index is 4.21. The minimum absolute atomic E-state index is 0.169. The van der Waals surface area contributed by atoms with E-state index < -0.39 is 21.0 Å². The van der Waals surface area contributed by atoms with E-state index >= 15 is 0 Å². The minimum atomic E-state index is -3.42. The van der Waals surface area contributed by atoms with E-state index in [2.05, 4.69) is 16.8 Å². The first-order valence-corrected chi connectivity index (χ1v) is 7.93. The second-order valence-electron chi connectivity index (χ2n) is 4.08. The third-order valence-electron chi connectivity index (χ3n) is 2.88. The van der Waals surface area contributed by atoms with Gasteiger partial charge in [0, 0.05) is 13.1 Å². The van der Waals surface area contributed by atoms with Crippen LogP contribution in [0.4, 0.5) is 0 Å². The Hall–Kier alpha value is -0.880. The van der Waals surface area contributed by atoms with Gasteiger partial charge >= 0.3 is 0 Å². The van der Waals surface area contributed by atoms with Crippen LogP contribution in [0.1, 0.15) is 20.8 Å². The van der Waals surface area contributed by atoms with Gasteiger partial charge in [-0.1, -0.05) is 19.9 Å². The zero-order valence-electron chi connectivity index (χ0n) is 11.5. The van der Waals surface area contributed by atoms with Crippen molar-refractivity contribution in [1.82, 2.24) is 10.2 Å². The predicted molar refractivity (Wildman–Crippen MR) is 74.2 cm³/mol. The predicted octanol–water partition coefficient (Wildman–Crippen LogP) is 0.434. The van der Waals surface area contributed by atoms with Gasteiger partial charge in [0.2, 0.25) is 5.91 Å². The number of likely N-dealkylation sites (N-methyl/N-ethyl adjacent to an activating group) is 1. The highest BCUT2D eigenvalue weighted by Gasteiger charge is 2.26. The fourth-order valence-corrected chi connectivity index (χ4v) is 2.52. The molecule has 0 radical (unpaired) electrons. The van der Waals surface area contributed by atoms with Crippen LogP contribution in [0.5, 0.6) is 0 Å². The van der Waals surface area contributed by atoms with Gasteiger partial charge in [-0.25, -0.2) is 8.42 Å². The van der Waals surface area contributed by atoms with Crippen molar-refractivity contribution in [2.24, 2.45) is 0 Å². The summed E-state index contributed by atoms with van der Waals surface area (Å²) in [5, 5.41) is 1.63. The summed E-state index contributed by atoms with van der Waals surface area (Å²) in [6, 6.07) is 0. The maximum absolute atomic E-state index is 11.7. The maximum Gasteiger partial charge on any atom is 0.238 e. The molecule has 0 fully saturated rings. The molecule has 0 aliphatic carbocycles. The van der Waals surface area contributed by atoms with Gasteiger partial charge in [-0.3, -0.25) is 4.79 Å². The van der Waals surface area contributed by atoms with Crippen molar-refractivity contribution < 1.29 is 13.2 Å². The Kier molecular flexibility index (Phi) is 7.86. The van der Waals surface area contributed by atoms with Crippen molar-refractivity contribution in [3.8, 4) is 0 Å². The van der Waals surface area contributed by atoms with Crippen molar-refractivity contribution in [3.05, 3.63) is 12.7 Å². The molecule has 0 aromatic rings. The summed E-state index contributed by atoms with van der Waals surface area (Å²) < 4.78 is 23.3. The van der Waals surface area contributed by atoms with Crippen molar-refractivity contribution in [2.45, 2.75) is 26.0 Å². The lowest BCUT2D eigenvalue weighted by Crippen LogP contribution is -2.42. The number of hydrogen-bond acceptors (Lipinski definition) is 4. The van der Waals surface area contributed by atoms with Gasteiger partial charge in [-0.15, -0.1) is 6.58 Å². The van der Waals surface area contributed by atoms with E-state index in [4.69, 9.17) is 0 Å². The summed E-state index contributed by atoms with van der Waals surface area (Å²) in [7, 11) is -3.42. The number of rotatable bonds is 9. The molecule has 5 nitrogen and oxygen atoms in total. The molecule has 1 N–H and O–H groups in total. The topological polar surface area (TPSA) is 66.5 Å². The number of nitrogens with one attached hydrogen (secondary N) is 1. The molecule has 1 amide bonds. The first kappa shape index (κ1) is 17.1. The fraction of sp³-hybridized carbons (Fsp3) is 0.750. The van der Waals surface area contributed by atoms with E-state index in [-0.39, 0.29) is 5.75 Å². The molecule has 0 aromatic heterocycles. The number of carbonyl (C=O) groups is 1. The molecule has 1 atom stereocenters. The molecule has 0 bridgehead atoms. The number of amides is 1. The van der Waals surface area contributed by atoms with Gasteiger partial charge in [0.1, 0.15) is 5.25 Å². The number of hydrogen-bond donors (Lipinski definition) is 1. The number of carbonyl (C=O) groups excluding carboxylic acids is 1. The summed E-state index contributed by atoms with van der Waals surface area (Å²) in [5.41, 5.74) is 0. The highest BCUT2D eigenvalue weighted by Crippen LogP contribution is 2.02. The summed E-state index contributed by atoms with van der Waals surface area (Å²) in [6.07, 6.45) is 1.30. The second-order valence-corrected chi connectivity index (χ2v) is 6.44. The highest BCUT2D eigenvalue weighted by molar-refractivity contribution is 7.92. The Morgan fingerprint density at radius 2 is 1.94 bits per heavy atom. The lowest BCUT2D eigenvalue weighted by atomic mass is 10.4. The van der Waals surface area contributed by atoms with Crippen molar-refractivity contribution in [3.63, 3.8) is 0 Å². The SMILES string of the molecule is C=CCS(=O)(=O)C(C)C(=O)NCCN(CC)CC. The standard InChI is InChI=1S/C12H24N2O3S/c1-5-10-18(16,17)11(4)12(15)13-8-9-14(6-2)7-3/h5,11H,1,6-10H2,2-4H3,(H,13,15). The van der Waals surface area contributed by atoms with Crippen LogP contribution in [-0.4, -0.2) is 56.4 Å². The van der Waals surface area contributed by atoms with E-state index in [1.165, 1.54) is 13.0 Å². The highest BCUT2D eigenvalue weighted by atomic mass is 32.2. The van der Waals surface area contributed by atoms with Crippen LogP contribution >= 0.6 is 0 Å². The maximum atomic E-state index is 11.7. The van der Waals surface area contributed by atoms with E-state index in [9.17, 15) is 13.2 Å². The van der Waals surface area contributed by atoms with E-state index in [1.807, 2.05) is 13.8 Å². The van der Waals surface area contributed by atoms with Gasteiger partial charge < -0.3 is 10.2 Å². The van der Waals surface area contributed by atoms with E-state index in [0.717, 1.165) is 19.6 Å². The number of nitrogens with zero attached hydrogens (tertiary/aromatic N) is 1. The van der Waals surface area contributed by atoms with Crippen LogP contribution in [0, 0.1) is 0 Å². The molecular formula is C12H24N2O3S. The Bertz CT molecular complexity index is 362. The average molecular weight is 276 g/mol. The first-order valence-electron chi connectivity index (χ1n) is 6.21. The zero-order valence-corrected chi connectivity index (χ0v) is 12.3. The summed E-state index contributed by atoms with van der Waals surface area (Å²) in [4.78, 5) is 13.8. The van der Waals surface area contributed by atoms with E-state index in [0.29, 0.717) is 6.54 Å². The molecule has 0 saturated carbocycles. The fourth-order valence-electron chi connectivity index (χ4n) is 1.49. The smallest absolute Gasteiger partial charge is 0.238 e. The normalized spacial score (nSPS) is 13.3. The lowest BCUT2D eigenvalue weighted by molar-refractivity contribution is -0.120. The molecule has 0 aliphatic rings. The molecule has 1 unspecified atom stereocenters. The summed E-state index contributed by atoms with van der Waals surface area (Å²) >= 11 is 0. The van der Waals surface area contributed by atoms with Gasteiger partial charge in [0.15, 0.2) is 9.84 Å². The van der Waals surface area contributed by atoms with Crippen LogP contribution < -0.4 is 5.32 Å². The van der Waals surface area contributed by atoms with Gasteiger partial charge in [-0.2, -0.15) is 0 Å². The van der Waals surface area contributed by atoms with Gasteiger partial charge in [-0.05, 0) is 20.0 Å². The van der Waals surface area contributed by atoms with Gasteiger partial charge in [0.05, 0.1) is 5.75 Å². The molecular weight excluding hydrogens is 252 g/mol. The third-order valence-corrected chi connectivity index (χ3v) is 4.87. The van der Waals surface area contributed by atoms with Gasteiger partial charge in [0.25, 0.3) is 0 Å². The molecule has 6 heteroatoms. The molecule has 0 saturated heterocycles. The first-order chi connectivity index (χ1) is 8.38. The lowest BCUT2D eigenvalue weighted by Gasteiger charge is -2.19. The Labute approximate surface area is 110 Å². The van der Waals surface area contributed by atoms with Crippen LogP contribution in [0.25, 0.3) is 0 Å². The molecule has 0 aliphatic heterocycles. The molecule has 18 heavy (non-hydrogen) atoms. The quantitative estimate of drug-likeness (QED) is 0.620. The van der Waals surface area contributed by atoms with Crippen LogP contribution in [0.2, 0.25) is 0 Å². The molecule has 106 valence electrons. The van der Waals surface area contributed by atoms with E-state index in [1.54, 1.807) is 0 Å². The van der Waals surface area contributed by atoms with Crippen molar-refractivity contribution >= 4 is 15.7 Å². The zero-order chi connectivity index (χ0) is 14.2. The molecule has 0 spiro atoms. The van der Waals surface area contributed by atoms with Crippen LogP contribution in [0.3, 0.4) is 0 Å². The Morgan fingerprint density at radius 3 is 2.39 bits per heavy atom. The minimum Gasteiger partial charge on any atom is -0.354 e. The summed E-state index contributed by atoms with van der Waals surface area (Å²) in [6.45, 7) is 11.9. The van der Waals surface area contributed by atoms with Crippen molar-refractivity contribution in [1.29, 1.82) is 0 Å². The molecule has 0 rings (SSSR count). The van der Waals surface area contributed by atoms with Crippen LogP contribution in [-0.2, 0) is 14.6 Å². The largest absolute Gasteiger partial charge is 0.354 e. The Morgan fingerprint density at radius 1 is 1.39 bits per heavy atom. The number of sulfone groups is 1. The monoisotopic (exact) mass is 276 g/mol. The molecule has 0 heterocycles. The van der Waals surface area contributed by atoms with Crippen LogP contribution in [0.15, 0.2) is 12.7 Å². The summed E-state index contributed by atoms with van der Waals surface area (Å²) in [5.74, 6) is -0.610. The van der Waals surface area contributed by atoms with Crippen molar-refractivity contribution in [2.75, 3.05) is 31.9 Å². The average Bonchev–Trinajstić information content (AvgIpc) is 2.33. The third kappa shape index (κ3) is 5.64.